The van der Waals surface area contributed by atoms with Crippen LogP contribution in [0.25, 0.3) is 0 Å². The largest absolute Gasteiger partial charge is 0.451 e. The minimum absolute atomic E-state index is 0.0972. The third-order valence-corrected chi connectivity index (χ3v) is 6.04. The number of hydrogen-bond acceptors (Lipinski definition) is 5. The van der Waals surface area contributed by atoms with Gasteiger partial charge in [0.05, 0.1) is 11.1 Å². The monoisotopic (exact) mass is 434 g/mol. The van der Waals surface area contributed by atoms with Crippen molar-refractivity contribution in [2.75, 3.05) is 0 Å². The minimum Gasteiger partial charge on any atom is -0.451 e. The van der Waals surface area contributed by atoms with Gasteiger partial charge in [-0.2, -0.15) is 0 Å². The maximum absolute atomic E-state index is 13.2. The molecular formula is C25H26N2O5. The van der Waals surface area contributed by atoms with Crippen molar-refractivity contribution in [3.05, 3.63) is 71.3 Å². The van der Waals surface area contributed by atoms with Crippen LogP contribution in [0.3, 0.4) is 0 Å². The molecule has 0 saturated heterocycles. The molecule has 7 nitrogen and oxygen atoms in total. The van der Waals surface area contributed by atoms with Gasteiger partial charge in [-0.25, -0.2) is 4.79 Å². The molecule has 2 aromatic carbocycles. The van der Waals surface area contributed by atoms with E-state index in [1.54, 1.807) is 24.3 Å². The number of benzene rings is 2. The van der Waals surface area contributed by atoms with Gasteiger partial charge in [-0.15, -0.1) is 0 Å². The van der Waals surface area contributed by atoms with Crippen molar-refractivity contribution < 1.29 is 23.9 Å². The Balaban J connectivity index is 1.54. The molecule has 0 bridgehead atoms. The fourth-order valence-corrected chi connectivity index (χ4v) is 4.30. The van der Waals surface area contributed by atoms with E-state index in [-0.39, 0.29) is 29.5 Å². The van der Waals surface area contributed by atoms with Gasteiger partial charge in [-0.05, 0) is 37.5 Å². The number of ether oxygens (including phenoxy) is 1. The molecule has 2 atom stereocenters. The van der Waals surface area contributed by atoms with E-state index in [2.05, 4.69) is 5.32 Å². The van der Waals surface area contributed by atoms with E-state index >= 15 is 0 Å². The summed E-state index contributed by atoms with van der Waals surface area (Å²) < 4.78 is 5.47. The zero-order valence-electron chi connectivity index (χ0n) is 18.0. The molecule has 7 heteroatoms. The number of rotatable bonds is 7. The number of imide groups is 1. The van der Waals surface area contributed by atoms with Crippen molar-refractivity contribution in [3.8, 4) is 0 Å². The number of hydrogen-bond donors (Lipinski definition) is 1. The van der Waals surface area contributed by atoms with E-state index in [0.717, 1.165) is 36.1 Å². The van der Waals surface area contributed by atoms with E-state index in [9.17, 15) is 19.2 Å². The van der Waals surface area contributed by atoms with Crippen molar-refractivity contribution in [1.29, 1.82) is 0 Å². The Kier molecular flexibility index (Phi) is 6.35. The van der Waals surface area contributed by atoms with Gasteiger partial charge in [0, 0.05) is 12.5 Å². The summed E-state index contributed by atoms with van der Waals surface area (Å²) in [6.07, 6.45) is 3.03. The number of carbonyl (C=O) groups is 4. The third-order valence-electron chi connectivity index (χ3n) is 6.04. The molecular weight excluding hydrogens is 408 g/mol. The highest BCUT2D eigenvalue weighted by molar-refractivity contribution is 6.22. The average Bonchev–Trinajstić information content (AvgIpc) is 3.40. The Morgan fingerprint density at radius 1 is 0.969 bits per heavy atom. The van der Waals surface area contributed by atoms with E-state index in [1.807, 2.05) is 30.3 Å². The second-order valence-electron chi connectivity index (χ2n) is 8.30. The Morgan fingerprint density at radius 3 is 2.12 bits per heavy atom. The molecule has 2 aromatic rings. The molecule has 2 aliphatic rings. The maximum Gasteiger partial charge on any atom is 0.330 e. The molecule has 1 aliphatic carbocycles. The van der Waals surface area contributed by atoms with Gasteiger partial charge in [0.25, 0.3) is 17.7 Å². The molecule has 32 heavy (non-hydrogen) atoms. The minimum atomic E-state index is -1.17. The van der Waals surface area contributed by atoms with Crippen LogP contribution in [-0.2, 0) is 20.7 Å². The summed E-state index contributed by atoms with van der Waals surface area (Å²) in [6, 6.07) is 14.5. The first-order valence-corrected chi connectivity index (χ1v) is 11.0. The third kappa shape index (κ3) is 4.42. The molecule has 4 rings (SSSR count). The fourth-order valence-electron chi connectivity index (χ4n) is 4.30. The van der Waals surface area contributed by atoms with Gasteiger partial charge in [0.15, 0.2) is 6.10 Å². The van der Waals surface area contributed by atoms with Crippen LogP contribution in [0.2, 0.25) is 0 Å². The smallest absolute Gasteiger partial charge is 0.330 e. The molecule has 1 fully saturated rings. The van der Waals surface area contributed by atoms with E-state index < -0.39 is 29.9 Å². The molecule has 2 unspecified atom stereocenters. The molecule has 1 N–H and O–H groups in total. The van der Waals surface area contributed by atoms with Gasteiger partial charge in [0.2, 0.25) is 0 Å². The standard InChI is InChI=1S/C25H26N2O5/c1-16(22(28)26-18-11-5-6-12-18)32-25(31)21(15-17-9-3-2-4-10-17)27-23(29)19-13-7-8-14-20(19)24(27)30/h2-4,7-10,13-14,16,18,21H,5-6,11-12,15H2,1H3,(H,26,28). The zero-order valence-corrected chi connectivity index (χ0v) is 18.0. The quantitative estimate of drug-likeness (QED) is 0.534. The van der Waals surface area contributed by atoms with Crippen LogP contribution >= 0.6 is 0 Å². The Morgan fingerprint density at radius 2 is 1.53 bits per heavy atom. The van der Waals surface area contributed by atoms with Crippen molar-refractivity contribution in [3.63, 3.8) is 0 Å². The molecule has 0 aromatic heterocycles. The van der Waals surface area contributed by atoms with Crippen LogP contribution in [-0.4, -0.2) is 46.8 Å². The van der Waals surface area contributed by atoms with Crippen LogP contribution in [0.1, 0.15) is 58.9 Å². The van der Waals surface area contributed by atoms with Crippen LogP contribution in [0.15, 0.2) is 54.6 Å². The summed E-state index contributed by atoms with van der Waals surface area (Å²) in [6.45, 7) is 1.50. The van der Waals surface area contributed by atoms with E-state index in [0.29, 0.717) is 0 Å². The Bertz CT molecular complexity index is 995. The highest BCUT2D eigenvalue weighted by Gasteiger charge is 2.44. The normalized spacial score (nSPS) is 17.7. The molecule has 0 spiro atoms. The Hall–Kier alpha value is -3.48. The topological polar surface area (TPSA) is 92.8 Å². The van der Waals surface area contributed by atoms with Crippen LogP contribution in [0.5, 0.6) is 0 Å². The summed E-state index contributed by atoms with van der Waals surface area (Å²) >= 11 is 0. The molecule has 1 heterocycles. The molecule has 1 saturated carbocycles. The van der Waals surface area contributed by atoms with E-state index in [1.165, 1.54) is 6.92 Å². The van der Waals surface area contributed by atoms with Gasteiger partial charge in [-0.3, -0.25) is 19.3 Å². The first-order valence-electron chi connectivity index (χ1n) is 11.0. The first kappa shape index (κ1) is 21.7. The summed E-state index contributed by atoms with van der Waals surface area (Å²) in [5.41, 5.74) is 1.29. The number of esters is 1. The second-order valence-corrected chi connectivity index (χ2v) is 8.30. The van der Waals surface area contributed by atoms with Gasteiger partial charge < -0.3 is 10.1 Å². The van der Waals surface area contributed by atoms with E-state index in [4.69, 9.17) is 4.74 Å². The van der Waals surface area contributed by atoms with Crippen LogP contribution in [0.4, 0.5) is 0 Å². The average molecular weight is 434 g/mol. The van der Waals surface area contributed by atoms with Crippen LogP contribution < -0.4 is 5.32 Å². The summed E-state index contributed by atoms with van der Waals surface area (Å²) in [4.78, 5) is 52.7. The number of carbonyl (C=O) groups excluding carboxylic acids is 4. The fraction of sp³-hybridized carbons (Fsp3) is 0.360. The molecule has 0 radical (unpaired) electrons. The lowest BCUT2D eigenvalue weighted by Gasteiger charge is -2.26. The van der Waals surface area contributed by atoms with Crippen molar-refractivity contribution >= 4 is 23.7 Å². The van der Waals surface area contributed by atoms with Crippen molar-refractivity contribution in [2.45, 2.75) is 57.2 Å². The SMILES string of the molecule is CC(OC(=O)C(Cc1ccccc1)N1C(=O)c2ccccc2C1=O)C(=O)NC1CCCC1. The number of amides is 3. The van der Waals surface area contributed by atoms with Gasteiger partial charge in [0.1, 0.15) is 6.04 Å². The predicted octanol–water partition coefficient (Wildman–Crippen LogP) is 2.88. The summed E-state index contributed by atoms with van der Waals surface area (Å²) in [7, 11) is 0. The van der Waals surface area contributed by atoms with Gasteiger partial charge in [-0.1, -0.05) is 55.3 Å². The molecule has 166 valence electrons. The highest BCUT2D eigenvalue weighted by atomic mass is 16.5. The lowest BCUT2D eigenvalue weighted by atomic mass is 10.0. The number of fused-ring (bicyclic) bond motifs is 1. The lowest BCUT2D eigenvalue weighted by molar-refractivity contribution is -0.158. The van der Waals surface area contributed by atoms with Gasteiger partial charge >= 0.3 is 5.97 Å². The molecule has 1 aliphatic heterocycles. The van der Waals surface area contributed by atoms with Crippen LogP contribution in [0, 0.1) is 0 Å². The number of nitrogens with zero attached hydrogens (tertiary/aromatic N) is 1. The van der Waals surface area contributed by atoms with Crippen molar-refractivity contribution in [1.82, 2.24) is 10.2 Å². The zero-order chi connectivity index (χ0) is 22.7. The molecule has 3 amide bonds. The summed E-state index contributed by atoms with van der Waals surface area (Å²) in [5.74, 6) is -2.22. The highest BCUT2D eigenvalue weighted by Crippen LogP contribution is 2.27. The number of nitrogens with one attached hydrogen (secondary N) is 1. The maximum atomic E-state index is 13.2. The lowest BCUT2D eigenvalue weighted by Crippen LogP contribution is -2.49. The second kappa shape index (κ2) is 9.34. The predicted molar refractivity (Wildman–Crippen MR) is 117 cm³/mol. The van der Waals surface area contributed by atoms with Crippen molar-refractivity contribution in [2.24, 2.45) is 0 Å². The summed E-state index contributed by atoms with van der Waals surface area (Å²) in [5, 5.41) is 2.91. The first-order chi connectivity index (χ1) is 15.5. The Labute approximate surface area is 186 Å².